The minimum atomic E-state index is -0.0935. The number of hydrogen-bond acceptors (Lipinski definition) is 4. The first kappa shape index (κ1) is 16.0. The molecule has 0 spiro atoms. The summed E-state index contributed by atoms with van der Waals surface area (Å²) in [6, 6.07) is 4.12. The van der Waals surface area contributed by atoms with Crippen molar-refractivity contribution in [3.63, 3.8) is 0 Å². The van der Waals surface area contributed by atoms with Crippen LogP contribution in [0, 0.1) is 0 Å². The van der Waals surface area contributed by atoms with Crippen LogP contribution in [0.4, 0.5) is 0 Å². The molecule has 20 heavy (non-hydrogen) atoms. The largest absolute Gasteiger partial charge is 0.299 e. The lowest BCUT2D eigenvalue weighted by atomic mass is 10.1. The van der Waals surface area contributed by atoms with Crippen LogP contribution in [0.5, 0.6) is 0 Å². The van der Waals surface area contributed by atoms with E-state index in [0.29, 0.717) is 10.4 Å². The van der Waals surface area contributed by atoms with Gasteiger partial charge in [0.05, 0.1) is 15.3 Å². The number of hydrogen-bond donors (Lipinski definition) is 0. The molecule has 2 rings (SSSR count). The number of carbonyl (C=O) groups excluding carboxylic acids is 1. The van der Waals surface area contributed by atoms with Crippen LogP contribution in [-0.2, 0) is 0 Å². The molecule has 1 aliphatic heterocycles. The maximum Gasteiger partial charge on any atom is 0.189 e. The Morgan fingerprint density at radius 3 is 2.95 bits per heavy atom. The van der Waals surface area contributed by atoms with E-state index >= 15 is 0 Å². The van der Waals surface area contributed by atoms with Gasteiger partial charge in [0.2, 0.25) is 0 Å². The fourth-order valence-electron chi connectivity index (χ4n) is 2.86. The number of nitrogens with zero attached hydrogens (tertiary/aromatic N) is 2. The van der Waals surface area contributed by atoms with Gasteiger partial charge in [0, 0.05) is 12.6 Å². The number of thiophene rings is 1. The highest BCUT2D eigenvalue weighted by atomic mass is 35.5. The van der Waals surface area contributed by atoms with Gasteiger partial charge in [-0.2, -0.15) is 0 Å². The molecule has 1 aromatic rings. The Balaban J connectivity index is 1.94. The van der Waals surface area contributed by atoms with E-state index in [2.05, 4.69) is 16.7 Å². The summed E-state index contributed by atoms with van der Waals surface area (Å²) in [5.74, 6) is 0.172. The van der Waals surface area contributed by atoms with Gasteiger partial charge in [-0.1, -0.05) is 18.5 Å². The zero-order valence-electron chi connectivity index (χ0n) is 12.4. The van der Waals surface area contributed by atoms with Crippen LogP contribution < -0.4 is 0 Å². The van der Waals surface area contributed by atoms with Gasteiger partial charge < -0.3 is 0 Å². The van der Waals surface area contributed by atoms with Gasteiger partial charge in [-0.3, -0.25) is 14.6 Å². The van der Waals surface area contributed by atoms with E-state index < -0.39 is 0 Å². The molecule has 2 heterocycles. The summed E-state index contributed by atoms with van der Waals surface area (Å²) >= 11 is 7.28. The lowest BCUT2D eigenvalue weighted by Crippen LogP contribution is -2.44. The molecule has 0 radical (unpaired) electrons. The molecule has 1 saturated heterocycles. The molecule has 0 aliphatic carbocycles. The number of rotatable bonds is 6. The third kappa shape index (κ3) is 3.61. The van der Waals surface area contributed by atoms with Gasteiger partial charge in [-0.15, -0.1) is 11.3 Å². The fraction of sp³-hybridized carbons (Fsp3) is 0.667. The van der Waals surface area contributed by atoms with Gasteiger partial charge >= 0.3 is 0 Å². The normalized spacial score (nSPS) is 21.6. The van der Waals surface area contributed by atoms with E-state index in [1.165, 1.54) is 30.7 Å². The first-order chi connectivity index (χ1) is 9.52. The number of halogens is 1. The summed E-state index contributed by atoms with van der Waals surface area (Å²) < 4.78 is 0.677. The molecule has 0 aromatic carbocycles. The summed E-state index contributed by atoms with van der Waals surface area (Å²) in [6.07, 6.45) is 2.51. The molecule has 112 valence electrons. The van der Waals surface area contributed by atoms with Gasteiger partial charge in [-0.05, 0) is 52.0 Å². The van der Waals surface area contributed by atoms with Crippen LogP contribution in [0.1, 0.15) is 36.4 Å². The Labute approximate surface area is 130 Å². The monoisotopic (exact) mass is 314 g/mol. The van der Waals surface area contributed by atoms with Crippen molar-refractivity contribution in [1.82, 2.24) is 9.80 Å². The number of ketones is 1. The molecule has 0 amide bonds. The van der Waals surface area contributed by atoms with Crippen LogP contribution in [0.3, 0.4) is 0 Å². The second-order valence-corrected chi connectivity index (χ2v) is 7.22. The number of carbonyl (C=O) groups is 1. The van der Waals surface area contributed by atoms with Crippen molar-refractivity contribution in [2.24, 2.45) is 0 Å². The van der Waals surface area contributed by atoms with E-state index in [1.54, 1.807) is 6.07 Å². The Hall–Kier alpha value is -0.420. The number of likely N-dealkylation sites (tertiary alicyclic amines) is 1. The quantitative estimate of drug-likeness (QED) is 0.752. The van der Waals surface area contributed by atoms with Crippen LogP contribution in [0.15, 0.2) is 12.1 Å². The first-order valence-electron chi connectivity index (χ1n) is 7.26. The van der Waals surface area contributed by atoms with Crippen LogP contribution in [0.25, 0.3) is 0 Å². The third-order valence-electron chi connectivity index (χ3n) is 4.26. The van der Waals surface area contributed by atoms with Crippen molar-refractivity contribution in [3.8, 4) is 0 Å². The van der Waals surface area contributed by atoms with Crippen molar-refractivity contribution in [2.45, 2.75) is 38.8 Å². The van der Waals surface area contributed by atoms with Crippen LogP contribution >= 0.6 is 22.9 Å². The zero-order valence-corrected chi connectivity index (χ0v) is 14.0. The summed E-state index contributed by atoms with van der Waals surface area (Å²) in [7, 11) is 2.05. The van der Waals surface area contributed by atoms with Crippen LogP contribution in [0.2, 0.25) is 4.34 Å². The van der Waals surface area contributed by atoms with Crippen molar-refractivity contribution in [2.75, 3.05) is 26.7 Å². The molecular weight excluding hydrogens is 292 g/mol. The highest BCUT2D eigenvalue weighted by molar-refractivity contribution is 7.18. The smallest absolute Gasteiger partial charge is 0.189 e. The third-order valence-corrected chi connectivity index (χ3v) is 5.51. The maximum atomic E-state index is 12.4. The molecule has 1 fully saturated rings. The van der Waals surface area contributed by atoms with Crippen molar-refractivity contribution in [1.29, 1.82) is 0 Å². The summed E-state index contributed by atoms with van der Waals surface area (Å²) in [4.78, 5) is 17.9. The molecule has 5 heteroatoms. The molecule has 0 bridgehead atoms. The molecule has 2 unspecified atom stereocenters. The summed E-state index contributed by atoms with van der Waals surface area (Å²) in [6.45, 7) is 7.45. The molecule has 2 atom stereocenters. The predicted molar refractivity (Wildman–Crippen MR) is 86.0 cm³/mol. The standard InChI is InChI=1S/C15H23ClN2OS/c1-4-18-9-5-6-12(18)10-17(3)11(2)15(19)13-7-8-14(16)20-13/h7-8,11-12H,4-6,9-10H2,1-3H3. The topological polar surface area (TPSA) is 23.6 Å². The average Bonchev–Trinajstić information content (AvgIpc) is 3.05. The van der Waals surface area contributed by atoms with Gasteiger partial charge in [0.15, 0.2) is 5.78 Å². The summed E-state index contributed by atoms with van der Waals surface area (Å²) in [5.41, 5.74) is 0. The SMILES string of the molecule is CCN1CCCC1CN(C)C(C)C(=O)c1ccc(Cl)s1. The second-order valence-electron chi connectivity index (χ2n) is 5.51. The van der Waals surface area contributed by atoms with Gasteiger partial charge in [-0.25, -0.2) is 0 Å². The molecule has 0 N–H and O–H groups in total. The lowest BCUT2D eigenvalue weighted by molar-refractivity contribution is 0.0841. The van der Waals surface area contributed by atoms with Crippen molar-refractivity contribution < 1.29 is 4.79 Å². The number of likely N-dealkylation sites (N-methyl/N-ethyl adjacent to an activating group) is 2. The Bertz CT molecular complexity index is 462. The molecule has 1 aromatic heterocycles. The second kappa shape index (κ2) is 7.03. The van der Waals surface area contributed by atoms with E-state index in [4.69, 9.17) is 11.6 Å². The highest BCUT2D eigenvalue weighted by Crippen LogP contribution is 2.24. The Morgan fingerprint density at radius 2 is 2.35 bits per heavy atom. The first-order valence-corrected chi connectivity index (χ1v) is 8.46. The number of Topliss-reactive ketones (excluding diaryl/α,β-unsaturated/α-hetero) is 1. The van der Waals surface area contributed by atoms with E-state index in [1.807, 2.05) is 20.0 Å². The molecule has 3 nitrogen and oxygen atoms in total. The van der Waals surface area contributed by atoms with Crippen molar-refractivity contribution in [3.05, 3.63) is 21.3 Å². The Morgan fingerprint density at radius 1 is 1.60 bits per heavy atom. The van der Waals surface area contributed by atoms with E-state index in [0.717, 1.165) is 18.0 Å². The predicted octanol–water partition coefficient (Wildman–Crippen LogP) is 3.39. The zero-order chi connectivity index (χ0) is 14.7. The minimum absolute atomic E-state index is 0.0935. The molecule has 1 aliphatic rings. The molecular formula is C15H23ClN2OS. The highest BCUT2D eigenvalue weighted by Gasteiger charge is 2.28. The average molecular weight is 315 g/mol. The van der Waals surface area contributed by atoms with Gasteiger partial charge in [0.1, 0.15) is 0 Å². The Kier molecular flexibility index (Phi) is 5.61. The van der Waals surface area contributed by atoms with Crippen LogP contribution in [-0.4, -0.2) is 54.3 Å². The minimum Gasteiger partial charge on any atom is -0.299 e. The van der Waals surface area contributed by atoms with E-state index in [9.17, 15) is 4.79 Å². The fourth-order valence-corrected chi connectivity index (χ4v) is 3.93. The van der Waals surface area contributed by atoms with Crippen molar-refractivity contribution >= 4 is 28.7 Å². The lowest BCUT2D eigenvalue weighted by Gasteiger charge is -2.30. The maximum absolute atomic E-state index is 12.4. The van der Waals surface area contributed by atoms with E-state index in [-0.39, 0.29) is 11.8 Å². The van der Waals surface area contributed by atoms with Gasteiger partial charge in [0.25, 0.3) is 0 Å². The summed E-state index contributed by atoms with van der Waals surface area (Å²) in [5, 5.41) is 0. The molecule has 0 saturated carbocycles.